The van der Waals surface area contributed by atoms with Gasteiger partial charge in [0.1, 0.15) is 0 Å². The van der Waals surface area contributed by atoms with Crippen molar-refractivity contribution < 1.29 is 4.74 Å². The molecule has 0 unspecified atom stereocenters. The Morgan fingerprint density at radius 1 is 1.35 bits per heavy atom. The van der Waals surface area contributed by atoms with E-state index in [1.54, 1.807) is 11.3 Å². The van der Waals surface area contributed by atoms with Crippen molar-refractivity contribution in [3.63, 3.8) is 0 Å². The van der Waals surface area contributed by atoms with Crippen molar-refractivity contribution in [2.24, 2.45) is 5.73 Å². The van der Waals surface area contributed by atoms with Gasteiger partial charge < -0.3 is 10.5 Å². The standard InChI is InChI=1S/C15H16ClN5OS/c16-14-19-11-1-6-23-13(11)12(20-14)10-7-18-21(8-10)15(9-17)2-4-22-5-3-15/h1,6-8H,2-5,9,17H2. The molecule has 3 aromatic heterocycles. The predicted octanol–water partition coefficient (Wildman–Crippen LogP) is 2.67. The van der Waals surface area contributed by atoms with E-state index in [0.29, 0.717) is 19.8 Å². The second-order valence-corrected chi connectivity index (χ2v) is 6.94. The van der Waals surface area contributed by atoms with Gasteiger partial charge in [0, 0.05) is 31.5 Å². The molecule has 4 heterocycles. The van der Waals surface area contributed by atoms with Crippen molar-refractivity contribution in [3.05, 3.63) is 29.1 Å². The Bertz CT molecular complexity index is 839. The molecule has 1 saturated heterocycles. The Labute approximate surface area is 142 Å². The van der Waals surface area contributed by atoms with Crippen LogP contribution in [0.4, 0.5) is 0 Å². The summed E-state index contributed by atoms with van der Waals surface area (Å²) < 4.78 is 8.46. The van der Waals surface area contributed by atoms with Crippen molar-refractivity contribution in [2.45, 2.75) is 18.4 Å². The minimum absolute atomic E-state index is 0.179. The molecular weight excluding hydrogens is 334 g/mol. The third-order valence-electron chi connectivity index (χ3n) is 4.42. The number of rotatable bonds is 3. The molecule has 2 N–H and O–H groups in total. The van der Waals surface area contributed by atoms with Gasteiger partial charge in [-0.05, 0) is 35.9 Å². The number of aromatic nitrogens is 4. The SMILES string of the molecule is NCC1(n2cc(-c3nc(Cl)nc4ccsc34)cn2)CCOCC1. The fourth-order valence-electron chi connectivity index (χ4n) is 3.01. The van der Waals surface area contributed by atoms with Crippen LogP contribution in [0, 0.1) is 0 Å². The first kappa shape index (κ1) is 15.0. The van der Waals surface area contributed by atoms with Crippen molar-refractivity contribution in [2.75, 3.05) is 19.8 Å². The molecule has 0 spiro atoms. The number of halogens is 1. The second kappa shape index (κ2) is 5.83. The van der Waals surface area contributed by atoms with Gasteiger partial charge >= 0.3 is 0 Å². The number of ether oxygens (including phenoxy) is 1. The van der Waals surface area contributed by atoms with Gasteiger partial charge in [-0.15, -0.1) is 11.3 Å². The lowest BCUT2D eigenvalue weighted by Crippen LogP contribution is -2.46. The van der Waals surface area contributed by atoms with Crippen molar-refractivity contribution >= 4 is 33.2 Å². The Hall–Kier alpha value is -1.54. The lowest BCUT2D eigenvalue weighted by atomic mass is 9.90. The Kier molecular flexibility index (Phi) is 3.81. The summed E-state index contributed by atoms with van der Waals surface area (Å²) in [6, 6.07) is 1.95. The lowest BCUT2D eigenvalue weighted by Gasteiger charge is -2.36. The number of fused-ring (bicyclic) bond motifs is 1. The van der Waals surface area contributed by atoms with E-state index in [2.05, 4.69) is 15.1 Å². The number of thiophene rings is 1. The van der Waals surface area contributed by atoms with Gasteiger partial charge in [0.2, 0.25) is 5.28 Å². The van der Waals surface area contributed by atoms with Crippen LogP contribution in [0.1, 0.15) is 12.8 Å². The first-order chi connectivity index (χ1) is 11.2. The van der Waals surface area contributed by atoms with Gasteiger partial charge in [-0.25, -0.2) is 9.97 Å². The summed E-state index contributed by atoms with van der Waals surface area (Å²) in [5, 5.41) is 6.80. The molecule has 120 valence electrons. The molecule has 3 aromatic rings. The highest BCUT2D eigenvalue weighted by atomic mass is 35.5. The molecule has 0 atom stereocenters. The van der Waals surface area contributed by atoms with Crippen LogP contribution in [0.5, 0.6) is 0 Å². The fraction of sp³-hybridized carbons (Fsp3) is 0.400. The normalized spacial score (nSPS) is 17.7. The second-order valence-electron chi connectivity index (χ2n) is 5.69. The molecule has 8 heteroatoms. The van der Waals surface area contributed by atoms with Crippen LogP contribution in [0.25, 0.3) is 21.5 Å². The van der Waals surface area contributed by atoms with Crippen molar-refractivity contribution in [3.8, 4) is 11.3 Å². The van der Waals surface area contributed by atoms with E-state index in [1.165, 1.54) is 0 Å². The zero-order valence-electron chi connectivity index (χ0n) is 12.4. The summed E-state index contributed by atoms with van der Waals surface area (Å²) in [7, 11) is 0. The maximum atomic E-state index is 6.06. The largest absolute Gasteiger partial charge is 0.381 e. The average Bonchev–Trinajstić information content (AvgIpc) is 3.24. The molecule has 0 aromatic carbocycles. The van der Waals surface area contributed by atoms with Crippen LogP contribution in [-0.2, 0) is 10.3 Å². The first-order valence-electron chi connectivity index (χ1n) is 7.46. The third kappa shape index (κ3) is 2.53. The molecule has 0 aliphatic carbocycles. The summed E-state index contributed by atoms with van der Waals surface area (Å²) in [5.74, 6) is 0. The summed E-state index contributed by atoms with van der Waals surface area (Å²) >= 11 is 7.66. The van der Waals surface area contributed by atoms with Crippen LogP contribution < -0.4 is 5.73 Å². The Morgan fingerprint density at radius 3 is 2.96 bits per heavy atom. The van der Waals surface area contributed by atoms with Gasteiger partial charge in [0.15, 0.2) is 0 Å². The summed E-state index contributed by atoms with van der Waals surface area (Å²) in [6.45, 7) is 1.96. The smallest absolute Gasteiger partial charge is 0.223 e. The predicted molar refractivity (Wildman–Crippen MR) is 90.7 cm³/mol. The van der Waals surface area contributed by atoms with Gasteiger partial charge in [-0.1, -0.05) is 0 Å². The highest BCUT2D eigenvalue weighted by Crippen LogP contribution is 2.33. The topological polar surface area (TPSA) is 78.9 Å². The number of hydrogen-bond acceptors (Lipinski definition) is 6. The molecule has 1 aliphatic rings. The lowest BCUT2D eigenvalue weighted by molar-refractivity contribution is 0.0193. The summed E-state index contributed by atoms with van der Waals surface area (Å²) in [4.78, 5) is 8.66. The van der Waals surface area contributed by atoms with E-state index in [-0.39, 0.29) is 10.8 Å². The maximum absolute atomic E-state index is 6.06. The molecule has 23 heavy (non-hydrogen) atoms. The van der Waals surface area contributed by atoms with E-state index in [1.807, 2.05) is 28.5 Å². The zero-order valence-corrected chi connectivity index (χ0v) is 14.0. The Morgan fingerprint density at radius 2 is 2.17 bits per heavy atom. The van der Waals surface area contributed by atoms with Gasteiger partial charge in [0.25, 0.3) is 0 Å². The van der Waals surface area contributed by atoms with E-state index < -0.39 is 0 Å². The van der Waals surface area contributed by atoms with Gasteiger partial charge in [-0.3, -0.25) is 4.68 Å². The monoisotopic (exact) mass is 349 g/mol. The fourth-order valence-corrected chi connectivity index (χ4v) is 4.03. The van der Waals surface area contributed by atoms with Crippen molar-refractivity contribution in [1.82, 2.24) is 19.7 Å². The number of nitrogens with two attached hydrogens (primary N) is 1. The van der Waals surface area contributed by atoms with E-state index in [9.17, 15) is 0 Å². The summed E-state index contributed by atoms with van der Waals surface area (Å²) in [5.41, 5.74) is 8.49. The quantitative estimate of drug-likeness (QED) is 0.735. The molecule has 4 rings (SSSR count). The number of hydrogen-bond donors (Lipinski definition) is 1. The van der Waals surface area contributed by atoms with Crippen LogP contribution in [0.2, 0.25) is 5.28 Å². The van der Waals surface area contributed by atoms with Crippen molar-refractivity contribution in [1.29, 1.82) is 0 Å². The van der Waals surface area contributed by atoms with Crippen LogP contribution in [0.3, 0.4) is 0 Å². The molecule has 1 aliphatic heterocycles. The van der Waals surface area contributed by atoms with Crippen LogP contribution in [0.15, 0.2) is 23.8 Å². The molecule has 0 saturated carbocycles. The molecular formula is C15H16ClN5OS. The van der Waals surface area contributed by atoms with E-state index in [0.717, 1.165) is 34.3 Å². The molecule has 0 amide bonds. The van der Waals surface area contributed by atoms with Crippen LogP contribution >= 0.6 is 22.9 Å². The van der Waals surface area contributed by atoms with E-state index >= 15 is 0 Å². The third-order valence-corrected chi connectivity index (χ3v) is 5.50. The van der Waals surface area contributed by atoms with Crippen LogP contribution in [-0.4, -0.2) is 39.5 Å². The molecule has 6 nitrogen and oxygen atoms in total. The minimum atomic E-state index is -0.179. The highest BCUT2D eigenvalue weighted by molar-refractivity contribution is 7.17. The van der Waals surface area contributed by atoms with Gasteiger partial charge in [0.05, 0.1) is 27.6 Å². The van der Waals surface area contributed by atoms with Gasteiger partial charge in [-0.2, -0.15) is 5.10 Å². The number of nitrogens with zero attached hydrogens (tertiary/aromatic N) is 4. The zero-order chi connectivity index (χ0) is 15.9. The molecule has 0 bridgehead atoms. The summed E-state index contributed by atoms with van der Waals surface area (Å²) in [6.07, 6.45) is 5.56. The Balaban J connectivity index is 1.79. The molecule has 0 radical (unpaired) electrons. The first-order valence-corrected chi connectivity index (χ1v) is 8.72. The molecule has 1 fully saturated rings. The maximum Gasteiger partial charge on any atom is 0.223 e. The minimum Gasteiger partial charge on any atom is -0.381 e. The average molecular weight is 350 g/mol. The van der Waals surface area contributed by atoms with E-state index in [4.69, 9.17) is 22.1 Å². The highest BCUT2D eigenvalue weighted by Gasteiger charge is 2.34.